The molecule has 2 aromatic carbocycles. The summed E-state index contributed by atoms with van der Waals surface area (Å²) in [6, 6.07) is 17.0. The van der Waals surface area contributed by atoms with E-state index >= 15 is 0 Å². The first kappa shape index (κ1) is 18.5. The molecule has 138 valence electrons. The van der Waals surface area contributed by atoms with Gasteiger partial charge in [0.25, 0.3) is 0 Å². The average molecular weight is 362 g/mol. The second kappa shape index (κ2) is 7.50. The van der Waals surface area contributed by atoms with Crippen molar-refractivity contribution in [2.45, 2.75) is 6.92 Å². The Balaban J connectivity index is 2.22. The van der Waals surface area contributed by atoms with Crippen molar-refractivity contribution in [2.75, 3.05) is 21.2 Å². The molecular formula is C22H22N2O3. The summed E-state index contributed by atoms with van der Waals surface area (Å²) >= 11 is 0. The summed E-state index contributed by atoms with van der Waals surface area (Å²) in [7, 11) is 4.76. The SMILES string of the molecule is COC(=O)c1ccc2cc(/C(C)=C/c3ccccc3)n(C(=O)N(C)C)c2c1. The molecule has 0 saturated heterocycles. The van der Waals surface area contributed by atoms with E-state index in [1.807, 2.05) is 55.5 Å². The average Bonchev–Trinajstić information content (AvgIpc) is 3.06. The number of benzene rings is 2. The van der Waals surface area contributed by atoms with Crippen molar-refractivity contribution in [3.63, 3.8) is 0 Å². The van der Waals surface area contributed by atoms with E-state index in [-0.39, 0.29) is 6.03 Å². The van der Waals surface area contributed by atoms with Crippen LogP contribution in [-0.4, -0.2) is 42.7 Å². The number of rotatable bonds is 3. The quantitative estimate of drug-likeness (QED) is 0.644. The molecule has 0 aliphatic rings. The van der Waals surface area contributed by atoms with Gasteiger partial charge in [0.1, 0.15) is 0 Å². The molecule has 0 unspecified atom stereocenters. The number of ether oxygens (including phenoxy) is 1. The topological polar surface area (TPSA) is 51.5 Å². The third-order valence-electron chi connectivity index (χ3n) is 4.39. The lowest BCUT2D eigenvalue weighted by atomic mass is 10.1. The van der Waals surface area contributed by atoms with Gasteiger partial charge in [0.15, 0.2) is 0 Å². The highest BCUT2D eigenvalue weighted by Gasteiger charge is 2.19. The highest BCUT2D eigenvalue weighted by atomic mass is 16.5. The molecule has 0 N–H and O–H groups in total. The van der Waals surface area contributed by atoms with Crippen molar-refractivity contribution in [3.8, 4) is 0 Å². The summed E-state index contributed by atoms with van der Waals surface area (Å²) in [5.74, 6) is -0.431. The zero-order chi connectivity index (χ0) is 19.6. The van der Waals surface area contributed by atoms with Crippen LogP contribution in [0.5, 0.6) is 0 Å². The lowest BCUT2D eigenvalue weighted by Crippen LogP contribution is -2.28. The largest absolute Gasteiger partial charge is 0.465 e. The van der Waals surface area contributed by atoms with E-state index < -0.39 is 5.97 Å². The van der Waals surface area contributed by atoms with Gasteiger partial charge in [0.2, 0.25) is 0 Å². The van der Waals surface area contributed by atoms with Gasteiger partial charge in [-0.3, -0.25) is 4.57 Å². The predicted octanol–water partition coefficient (Wildman–Crippen LogP) is 4.52. The molecule has 1 heterocycles. The maximum Gasteiger partial charge on any atom is 0.337 e. The van der Waals surface area contributed by atoms with Gasteiger partial charge in [-0.05, 0) is 42.3 Å². The summed E-state index contributed by atoms with van der Waals surface area (Å²) in [6.07, 6.45) is 2.04. The molecule has 5 nitrogen and oxygen atoms in total. The number of hydrogen-bond acceptors (Lipinski definition) is 3. The summed E-state index contributed by atoms with van der Waals surface area (Å²) in [6.45, 7) is 1.97. The van der Waals surface area contributed by atoms with Crippen molar-refractivity contribution in [1.29, 1.82) is 0 Å². The van der Waals surface area contributed by atoms with Crippen LogP contribution in [0.15, 0.2) is 54.6 Å². The first-order valence-corrected chi connectivity index (χ1v) is 8.61. The Bertz CT molecular complexity index is 1030. The first-order chi connectivity index (χ1) is 12.9. The molecule has 0 atom stereocenters. The number of amides is 1. The lowest BCUT2D eigenvalue weighted by molar-refractivity contribution is 0.0601. The van der Waals surface area contributed by atoms with Gasteiger partial charge in [-0.25, -0.2) is 9.59 Å². The molecular weight excluding hydrogens is 340 g/mol. The highest BCUT2D eigenvalue weighted by Crippen LogP contribution is 2.28. The van der Waals surface area contributed by atoms with Crippen LogP contribution in [0.2, 0.25) is 0 Å². The maximum absolute atomic E-state index is 12.9. The second-order valence-electron chi connectivity index (χ2n) is 6.55. The van der Waals surface area contributed by atoms with E-state index in [9.17, 15) is 9.59 Å². The van der Waals surface area contributed by atoms with E-state index in [4.69, 9.17) is 4.74 Å². The number of fused-ring (bicyclic) bond motifs is 1. The fourth-order valence-corrected chi connectivity index (χ4v) is 3.02. The summed E-state index contributed by atoms with van der Waals surface area (Å²) in [5.41, 5.74) is 3.88. The molecule has 1 aromatic heterocycles. The van der Waals surface area contributed by atoms with Gasteiger partial charge in [-0.2, -0.15) is 0 Å². The zero-order valence-electron chi connectivity index (χ0n) is 15.9. The molecule has 0 aliphatic carbocycles. The summed E-state index contributed by atoms with van der Waals surface area (Å²) in [5, 5.41) is 0.883. The normalized spacial score (nSPS) is 11.5. The number of allylic oxidation sites excluding steroid dienone is 1. The molecule has 3 rings (SSSR count). The van der Waals surface area contributed by atoms with Gasteiger partial charge in [-0.15, -0.1) is 0 Å². The van der Waals surface area contributed by atoms with Crippen molar-refractivity contribution in [2.24, 2.45) is 0 Å². The van der Waals surface area contributed by atoms with Gasteiger partial charge in [0, 0.05) is 19.5 Å². The maximum atomic E-state index is 12.9. The lowest BCUT2D eigenvalue weighted by Gasteiger charge is -2.16. The summed E-state index contributed by atoms with van der Waals surface area (Å²) < 4.78 is 6.45. The Kier molecular flexibility index (Phi) is 5.12. The van der Waals surface area contributed by atoms with Gasteiger partial charge < -0.3 is 9.64 Å². The molecule has 27 heavy (non-hydrogen) atoms. The van der Waals surface area contributed by atoms with Crippen molar-refractivity contribution >= 4 is 34.6 Å². The van der Waals surface area contributed by atoms with E-state index in [1.54, 1.807) is 30.8 Å². The second-order valence-corrected chi connectivity index (χ2v) is 6.55. The minimum Gasteiger partial charge on any atom is -0.465 e. The molecule has 0 bridgehead atoms. The Morgan fingerprint density at radius 2 is 1.74 bits per heavy atom. The number of methoxy groups -OCH3 is 1. The molecule has 0 fully saturated rings. The van der Waals surface area contributed by atoms with Crippen LogP contribution in [0, 0.1) is 0 Å². The van der Waals surface area contributed by atoms with Crippen molar-refractivity contribution < 1.29 is 14.3 Å². The molecule has 3 aromatic rings. The van der Waals surface area contributed by atoms with Crippen LogP contribution < -0.4 is 0 Å². The van der Waals surface area contributed by atoms with Gasteiger partial charge in [0.05, 0.1) is 23.9 Å². The molecule has 0 aliphatic heterocycles. The van der Waals surface area contributed by atoms with Crippen LogP contribution in [0.3, 0.4) is 0 Å². The number of aromatic nitrogens is 1. The van der Waals surface area contributed by atoms with Crippen LogP contribution in [0.25, 0.3) is 22.6 Å². The Morgan fingerprint density at radius 3 is 2.37 bits per heavy atom. The predicted molar refractivity (Wildman–Crippen MR) is 108 cm³/mol. The summed E-state index contributed by atoms with van der Waals surface area (Å²) in [4.78, 5) is 26.3. The fraction of sp³-hybridized carbons (Fsp3) is 0.182. The number of carbonyl (C=O) groups excluding carboxylic acids is 2. The van der Waals surface area contributed by atoms with E-state index in [0.29, 0.717) is 11.1 Å². The molecule has 0 radical (unpaired) electrons. The molecule has 5 heteroatoms. The Labute approximate surface area is 158 Å². The van der Waals surface area contributed by atoms with Crippen LogP contribution in [0.1, 0.15) is 28.5 Å². The van der Waals surface area contributed by atoms with E-state index in [1.165, 1.54) is 12.0 Å². The van der Waals surface area contributed by atoms with Gasteiger partial charge >= 0.3 is 12.0 Å². The minimum absolute atomic E-state index is 0.178. The Morgan fingerprint density at radius 1 is 1.04 bits per heavy atom. The third kappa shape index (κ3) is 3.62. The van der Waals surface area contributed by atoms with Crippen LogP contribution in [0.4, 0.5) is 4.79 Å². The zero-order valence-corrected chi connectivity index (χ0v) is 15.9. The van der Waals surface area contributed by atoms with Crippen molar-refractivity contribution in [1.82, 2.24) is 9.47 Å². The smallest absolute Gasteiger partial charge is 0.337 e. The molecule has 0 spiro atoms. The highest BCUT2D eigenvalue weighted by molar-refractivity contribution is 6.01. The van der Waals surface area contributed by atoms with Crippen LogP contribution >= 0.6 is 0 Å². The van der Waals surface area contributed by atoms with E-state index in [0.717, 1.165) is 22.2 Å². The first-order valence-electron chi connectivity index (χ1n) is 8.61. The number of hydrogen-bond donors (Lipinski definition) is 0. The molecule has 1 amide bonds. The third-order valence-corrected chi connectivity index (χ3v) is 4.39. The Hall–Kier alpha value is -3.34. The minimum atomic E-state index is -0.431. The van der Waals surface area contributed by atoms with E-state index in [2.05, 4.69) is 0 Å². The number of esters is 1. The number of carbonyl (C=O) groups is 2. The number of nitrogens with zero attached hydrogens (tertiary/aromatic N) is 2. The standard InChI is InChI=1S/C22H22N2O3/c1-15(12-16-8-6-5-7-9-16)19-13-17-10-11-18(21(25)27-4)14-20(17)24(19)22(26)23(2)3/h5-14H,1-4H3/b15-12+. The van der Waals surface area contributed by atoms with Crippen molar-refractivity contribution in [3.05, 3.63) is 71.4 Å². The van der Waals surface area contributed by atoms with Crippen LogP contribution in [-0.2, 0) is 4.74 Å². The van der Waals surface area contributed by atoms with Gasteiger partial charge in [-0.1, -0.05) is 36.4 Å². The molecule has 0 saturated carbocycles. The fourth-order valence-electron chi connectivity index (χ4n) is 3.02. The monoisotopic (exact) mass is 362 g/mol.